The maximum atomic E-state index is 14.5. The Morgan fingerprint density at radius 3 is 2.56 bits per heavy atom. The molecule has 0 bridgehead atoms. The highest BCUT2D eigenvalue weighted by Gasteiger charge is 2.37. The maximum absolute atomic E-state index is 14.5. The lowest BCUT2D eigenvalue weighted by Crippen LogP contribution is -2.17. The van der Waals surface area contributed by atoms with E-state index in [1.807, 2.05) is 25.1 Å². The summed E-state index contributed by atoms with van der Waals surface area (Å²) < 4.78 is 19.4. The minimum absolute atomic E-state index is 0.129. The molecule has 1 aliphatic rings. The quantitative estimate of drug-likeness (QED) is 0.652. The van der Waals surface area contributed by atoms with Gasteiger partial charge in [-0.3, -0.25) is 0 Å². The molecule has 132 valence electrons. The highest BCUT2D eigenvalue weighted by molar-refractivity contribution is 5.90. The molecule has 3 heteroatoms. The minimum atomic E-state index is -0.353. The summed E-state index contributed by atoms with van der Waals surface area (Å²) in [5, 5.41) is 0. The van der Waals surface area contributed by atoms with Gasteiger partial charge in [0, 0.05) is 5.56 Å². The smallest absolute Gasteiger partial charge is 0.337 e. The van der Waals surface area contributed by atoms with Crippen molar-refractivity contribution < 1.29 is 13.9 Å². The Morgan fingerprint density at radius 1 is 1.16 bits per heavy atom. The minimum Gasteiger partial charge on any atom is -0.465 e. The molecular formula is C22H25FO2. The summed E-state index contributed by atoms with van der Waals surface area (Å²) in [6, 6.07) is 10.7. The van der Waals surface area contributed by atoms with Gasteiger partial charge in [-0.15, -0.1) is 0 Å². The Labute approximate surface area is 149 Å². The van der Waals surface area contributed by atoms with Crippen molar-refractivity contribution in [3.8, 4) is 11.1 Å². The van der Waals surface area contributed by atoms with Crippen LogP contribution in [0.4, 0.5) is 4.39 Å². The molecule has 2 aromatic carbocycles. The van der Waals surface area contributed by atoms with Crippen molar-refractivity contribution >= 4 is 5.97 Å². The van der Waals surface area contributed by atoms with E-state index in [1.54, 1.807) is 12.1 Å². The molecule has 1 fully saturated rings. The van der Waals surface area contributed by atoms with Crippen LogP contribution in [0.15, 0.2) is 36.4 Å². The highest BCUT2D eigenvalue weighted by atomic mass is 19.1. The predicted molar refractivity (Wildman–Crippen MR) is 98.3 cm³/mol. The van der Waals surface area contributed by atoms with E-state index in [9.17, 15) is 9.18 Å². The van der Waals surface area contributed by atoms with E-state index in [1.165, 1.54) is 13.2 Å². The van der Waals surface area contributed by atoms with Crippen LogP contribution in [-0.4, -0.2) is 13.1 Å². The van der Waals surface area contributed by atoms with Crippen molar-refractivity contribution in [2.45, 2.75) is 46.0 Å². The number of halogens is 1. The zero-order valence-electron chi connectivity index (χ0n) is 15.4. The molecule has 2 nitrogen and oxygen atoms in total. The number of esters is 1. The van der Waals surface area contributed by atoms with Crippen molar-refractivity contribution in [1.82, 2.24) is 0 Å². The third-order valence-corrected chi connectivity index (χ3v) is 5.52. The lowest BCUT2D eigenvalue weighted by molar-refractivity contribution is 0.0600. The molecule has 3 rings (SSSR count). The van der Waals surface area contributed by atoms with Gasteiger partial charge in [0.15, 0.2) is 0 Å². The van der Waals surface area contributed by atoms with Crippen LogP contribution < -0.4 is 0 Å². The second-order valence-electron chi connectivity index (χ2n) is 7.71. The van der Waals surface area contributed by atoms with E-state index in [0.717, 1.165) is 36.0 Å². The first kappa shape index (κ1) is 17.7. The third kappa shape index (κ3) is 3.33. The van der Waals surface area contributed by atoms with Gasteiger partial charge >= 0.3 is 5.97 Å². The van der Waals surface area contributed by atoms with E-state index in [-0.39, 0.29) is 17.2 Å². The number of rotatable bonds is 3. The summed E-state index contributed by atoms with van der Waals surface area (Å²) in [5.41, 5.74) is 4.21. The normalized spacial score (nSPS) is 19.0. The van der Waals surface area contributed by atoms with Gasteiger partial charge in [-0.1, -0.05) is 38.0 Å². The summed E-state index contributed by atoms with van der Waals surface area (Å²) in [6.45, 7) is 6.47. The van der Waals surface area contributed by atoms with Gasteiger partial charge in [0.1, 0.15) is 5.82 Å². The van der Waals surface area contributed by atoms with Crippen LogP contribution in [0.1, 0.15) is 60.5 Å². The van der Waals surface area contributed by atoms with Crippen LogP contribution in [0, 0.1) is 18.2 Å². The number of carbonyl (C=O) groups excluding carboxylic acids is 1. The molecule has 1 saturated carbocycles. The number of carbonyl (C=O) groups is 1. The van der Waals surface area contributed by atoms with Gasteiger partial charge in [-0.2, -0.15) is 0 Å². The number of benzene rings is 2. The van der Waals surface area contributed by atoms with Gasteiger partial charge in [0.05, 0.1) is 12.7 Å². The average Bonchev–Trinajstić information content (AvgIpc) is 2.95. The molecule has 2 aromatic rings. The maximum Gasteiger partial charge on any atom is 0.337 e. The van der Waals surface area contributed by atoms with Crippen molar-refractivity contribution in [2.24, 2.45) is 5.41 Å². The fourth-order valence-corrected chi connectivity index (χ4v) is 4.09. The largest absolute Gasteiger partial charge is 0.465 e. The molecule has 0 aromatic heterocycles. The van der Waals surface area contributed by atoms with Crippen LogP contribution in [0.25, 0.3) is 11.1 Å². The monoisotopic (exact) mass is 340 g/mol. The van der Waals surface area contributed by atoms with Gasteiger partial charge < -0.3 is 4.74 Å². The summed E-state index contributed by atoms with van der Waals surface area (Å²) in [5.74, 6) is -0.284. The second kappa shape index (κ2) is 6.62. The first-order valence-corrected chi connectivity index (χ1v) is 8.82. The molecule has 0 N–H and O–H groups in total. The molecule has 0 spiro atoms. The van der Waals surface area contributed by atoms with E-state index in [4.69, 9.17) is 4.74 Å². The van der Waals surface area contributed by atoms with Gasteiger partial charge in [-0.05, 0) is 66.5 Å². The molecule has 25 heavy (non-hydrogen) atoms. The molecule has 1 unspecified atom stereocenters. The number of methoxy groups -OCH3 is 1. The van der Waals surface area contributed by atoms with Gasteiger partial charge in [-0.25, -0.2) is 9.18 Å². The van der Waals surface area contributed by atoms with Crippen LogP contribution in [-0.2, 0) is 4.74 Å². The van der Waals surface area contributed by atoms with Crippen LogP contribution >= 0.6 is 0 Å². The molecule has 0 saturated heterocycles. The van der Waals surface area contributed by atoms with Crippen LogP contribution in [0.3, 0.4) is 0 Å². The Balaban J connectivity index is 2.21. The Morgan fingerprint density at radius 2 is 1.92 bits per heavy atom. The zero-order chi connectivity index (χ0) is 18.2. The summed E-state index contributed by atoms with van der Waals surface area (Å²) >= 11 is 0. The topological polar surface area (TPSA) is 26.3 Å². The van der Waals surface area contributed by atoms with Crippen molar-refractivity contribution in [2.75, 3.05) is 7.11 Å². The zero-order valence-corrected chi connectivity index (χ0v) is 15.4. The number of hydrogen-bond acceptors (Lipinski definition) is 2. The van der Waals surface area contributed by atoms with Gasteiger partial charge in [0.25, 0.3) is 0 Å². The molecule has 1 aliphatic carbocycles. The first-order chi connectivity index (χ1) is 11.8. The molecule has 0 radical (unpaired) electrons. The van der Waals surface area contributed by atoms with E-state index in [0.29, 0.717) is 17.0 Å². The summed E-state index contributed by atoms with van der Waals surface area (Å²) in [6.07, 6.45) is 3.34. The van der Waals surface area contributed by atoms with E-state index in [2.05, 4.69) is 13.8 Å². The molecule has 1 atom stereocenters. The fourth-order valence-electron chi connectivity index (χ4n) is 4.09. The fraction of sp³-hybridized carbons (Fsp3) is 0.409. The third-order valence-electron chi connectivity index (χ3n) is 5.52. The Kier molecular flexibility index (Phi) is 4.68. The standard InChI is InChI=1S/C22H25FO2/c1-14-7-10-20(23)18(12-14)16-9-8-15(21(24)25-4)13-17(16)19-6-5-11-22(19,2)3/h7-10,12-13,19H,5-6,11H2,1-4H3. The first-order valence-electron chi connectivity index (χ1n) is 8.82. The number of ether oxygens (including phenoxy) is 1. The van der Waals surface area contributed by atoms with Crippen molar-refractivity contribution in [3.05, 3.63) is 58.9 Å². The van der Waals surface area contributed by atoms with Gasteiger partial charge in [0.2, 0.25) is 0 Å². The number of hydrogen-bond donors (Lipinski definition) is 0. The van der Waals surface area contributed by atoms with Crippen molar-refractivity contribution in [1.29, 1.82) is 0 Å². The van der Waals surface area contributed by atoms with Crippen LogP contribution in [0.5, 0.6) is 0 Å². The lowest BCUT2D eigenvalue weighted by Gasteiger charge is -2.29. The molecular weight excluding hydrogens is 315 g/mol. The second-order valence-corrected chi connectivity index (χ2v) is 7.71. The van der Waals surface area contributed by atoms with E-state index >= 15 is 0 Å². The van der Waals surface area contributed by atoms with E-state index < -0.39 is 0 Å². The summed E-state index contributed by atoms with van der Waals surface area (Å²) in [4.78, 5) is 12.0. The molecule has 0 heterocycles. The van der Waals surface area contributed by atoms with Crippen LogP contribution in [0.2, 0.25) is 0 Å². The molecule has 0 amide bonds. The Hall–Kier alpha value is -2.16. The summed E-state index contributed by atoms with van der Waals surface area (Å²) in [7, 11) is 1.38. The van der Waals surface area contributed by atoms with Crippen molar-refractivity contribution in [3.63, 3.8) is 0 Å². The number of aryl methyl sites for hydroxylation is 1. The lowest BCUT2D eigenvalue weighted by atomic mass is 9.75. The predicted octanol–water partition coefficient (Wildman–Crippen LogP) is 5.88. The average molecular weight is 340 g/mol. The highest BCUT2D eigenvalue weighted by Crippen LogP contribution is 2.51. The Bertz CT molecular complexity index is 808. The molecule has 0 aliphatic heterocycles. The SMILES string of the molecule is COC(=O)c1ccc(-c2cc(C)ccc2F)c(C2CCCC2(C)C)c1.